The summed E-state index contributed by atoms with van der Waals surface area (Å²) in [7, 11) is 0. The van der Waals surface area contributed by atoms with Gasteiger partial charge in [-0.1, -0.05) is 12.1 Å². The van der Waals surface area contributed by atoms with Crippen molar-refractivity contribution in [1.29, 1.82) is 0 Å². The van der Waals surface area contributed by atoms with Crippen LogP contribution in [-0.4, -0.2) is 39.9 Å². The van der Waals surface area contributed by atoms with Crippen molar-refractivity contribution in [3.8, 4) is 0 Å². The maximum Gasteiger partial charge on any atom is 0.339 e. The zero-order valence-electron chi connectivity index (χ0n) is 13.7. The Morgan fingerprint density at radius 2 is 1.50 bits per heavy atom. The van der Waals surface area contributed by atoms with Gasteiger partial charge in [0, 0.05) is 17.3 Å². The third kappa shape index (κ3) is 4.31. The van der Waals surface area contributed by atoms with E-state index in [4.69, 9.17) is 4.74 Å². The van der Waals surface area contributed by atoms with E-state index in [0.717, 1.165) is 0 Å². The van der Waals surface area contributed by atoms with Crippen LogP contribution in [0.15, 0.2) is 65.8 Å². The fourth-order valence-corrected chi connectivity index (χ4v) is 3.20. The molecule has 0 amide bonds. The SMILES string of the molecule is O=C(COC(=O)c1ccccc1SCC(=O)c1ccc[nH]1)c1ccc[nH]1. The molecule has 26 heavy (non-hydrogen) atoms. The zero-order chi connectivity index (χ0) is 18.4. The van der Waals surface area contributed by atoms with Crippen molar-refractivity contribution in [2.24, 2.45) is 0 Å². The highest BCUT2D eigenvalue weighted by Gasteiger charge is 2.17. The molecule has 2 N–H and O–H groups in total. The van der Waals surface area contributed by atoms with E-state index in [9.17, 15) is 14.4 Å². The number of nitrogens with one attached hydrogen (secondary N) is 2. The van der Waals surface area contributed by atoms with Crippen LogP contribution in [0.1, 0.15) is 31.3 Å². The largest absolute Gasteiger partial charge is 0.454 e. The minimum absolute atomic E-state index is 0.0647. The summed E-state index contributed by atoms with van der Waals surface area (Å²) in [6, 6.07) is 13.6. The van der Waals surface area contributed by atoms with E-state index in [1.165, 1.54) is 11.8 Å². The monoisotopic (exact) mass is 368 g/mol. The predicted octanol–water partition coefficient (Wildman–Crippen LogP) is 3.36. The molecule has 1 aromatic carbocycles. The number of esters is 1. The first-order valence-electron chi connectivity index (χ1n) is 7.87. The van der Waals surface area contributed by atoms with E-state index < -0.39 is 5.97 Å². The molecule has 0 saturated heterocycles. The van der Waals surface area contributed by atoms with Gasteiger partial charge in [-0.25, -0.2) is 4.79 Å². The summed E-state index contributed by atoms with van der Waals surface area (Å²) >= 11 is 1.25. The van der Waals surface area contributed by atoms with Crippen LogP contribution in [0.2, 0.25) is 0 Å². The predicted molar refractivity (Wildman–Crippen MR) is 97.7 cm³/mol. The Bertz CT molecular complexity index is 902. The van der Waals surface area contributed by atoms with Gasteiger partial charge in [-0.05, 0) is 36.4 Å². The molecule has 0 spiro atoms. The molecular formula is C19H16N2O4S. The van der Waals surface area contributed by atoms with Crippen molar-refractivity contribution in [3.05, 3.63) is 77.9 Å². The minimum atomic E-state index is -0.597. The second kappa shape index (κ2) is 8.35. The molecule has 0 aliphatic carbocycles. The molecular weight excluding hydrogens is 352 g/mol. The molecule has 3 rings (SSSR count). The van der Waals surface area contributed by atoms with E-state index in [1.807, 2.05) is 0 Å². The van der Waals surface area contributed by atoms with Gasteiger partial charge in [0.25, 0.3) is 0 Å². The molecule has 0 bridgehead atoms. The third-order valence-corrected chi connectivity index (χ3v) is 4.67. The van der Waals surface area contributed by atoms with Gasteiger partial charge in [-0.3, -0.25) is 9.59 Å². The number of aromatic nitrogens is 2. The lowest BCUT2D eigenvalue weighted by Crippen LogP contribution is -2.15. The lowest BCUT2D eigenvalue weighted by Gasteiger charge is -2.08. The second-order valence-corrected chi connectivity index (χ2v) is 6.39. The van der Waals surface area contributed by atoms with E-state index in [2.05, 4.69) is 9.97 Å². The Hall–Kier alpha value is -3.06. The Labute approximate surface area is 154 Å². The molecule has 0 aliphatic rings. The van der Waals surface area contributed by atoms with Crippen molar-refractivity contribution in [2.75, 3.05) is 12.4 Å². The molecule has 0 atom stereocenters. The van der Waals surface area contributed by atoms with Crippen molar-refractivity contribution in [1.82, 2.24) is 9.97 Å². The fraction of sp³-hybridized carbons (Fsp3) is 0.105. The van der Waals surface area contributed by atoms with Crippen LogP contribution >= 0.6 is 11.8 Å². The summed E-state index contributed by atoms with van der Waals surface area (Å²) in [6.07, 6.45) is 3.31. The number of hydrogen-bond acceptors (Lipinski definition) is 5. The fourth-order valence-electron chi connectivity index (χ4n) is 2.28. The van der Waals surface area contributed by atoms with E-state index in [1.54, 1.807) is 60.9 Å². The van der Waals surface area contributed by atoms with Gasteiger partial charge in [0.1, 0.15) is 0 Å². The molecule has 6 nitrogen and oxygen atoms in total. The first kappa shape index (κ1) is 17.8. The number of aromatic amines is 2. The number of ketones is 2. The van der Waals surface area contributed by atoms with Crippen LogP contribution in [0, 0.1) is 0 Å². The standard InChI is InChI=1S/C19H16N2O4S/c22-16(14-6-3-9-20-14)11-25-19(24)13-5-1-2-8-18(13)26-12-17(23)15-7-4-10-21-15/h1-10,20-21H,11-12H2. The van der Waals surface area contributed by atoms with Crippen LogP contribution in [-0.2, 0) is 4.74 Å². The molecule has 0 saturated carbocycles. The number of rotatable bonds is 8. The third-order valence-electron chi connectivity index (χ3n) is 3.60. The maximum atomic E-state index is 12.3. The lowest BCUT2D eigenvalue weighted by molar-refractivity contribution is 0.0470. The molecule has 2 aromatic heterocycles. The quantitative estimate of drug-likeness (QED) is 0.361. The highest BCUT2D eigenvalue weighted by molar-refractivity contribution is 8.00. The van der Waals surface area contributed by atoms with Crippen molar-refractivity contribution in [2.45, 2.75) is 4.90 Å². The molecule has 0 radical (unpaired) electrons. The Balaban J connectivity index is 1.61. The normalized spacial score (nSPS) is 10.5. The average molecular weight is 368 g/mol. The lowest BCUT2D eigenvalue weighted by atomic mass is 10.2. The van der Waals surface area contributed by atoms with Crippen LogP contribution in [0.3, 0.4) is 0 Å². The molecule has 132 valence electrons. The zero-order valence-corrected chi connectivity index (χ0v) is 14.5. The van der Waals surface area contributed by atoms with Gasteiger partial charge in [0.15, 0.2) is 12.4 Å². The van der Waals surface area contributed by atoms with Crippen LogP contribution in [0.5, 0.6) is 0 Å². The first-order chi connectivity index (χ1) is 12.6. The molecule has 0 fully saturated rings. The Kier molecular flexibility index (Phi) is 5.70. The molecule has 2 heterocycles. The summed E-state index contributed by atoms with van der Waals surface area (Å²) in [4.78, 5) is 42.6. The summed E-state index contributed by atoms with van der Waals surface area (Å²) < 4.78 is 5.12. The van der Waals surface area contributed by atoms with E-state index in [0.29, 0.717) is 21.8 Å². The smallest absolute Gasteiger partial charge is 0.339 e. The topological polar surface area (TPSA) is 92.0 Å². The highest BCUT2D eigenvalue weighted by atomic mass is 32.2. The second-order valence-electron chi connectivity index (χ2n) is 5.37. The van der Waals surface area contributed by atoms with Crippen molar-refractivity contribution < 1.29 is 19.1 Å². The van der Waals surface area contributed by atoms with Gasteiger partial charge in [0.05, 0.1) is 22.7 Å². The van der Waals surface area contributed by atoms with Gasteiger partial charge in [-0.2, -0.15) is 0 Å². The molecule has 7 heteroatoms. The van der Waals surface area contributed by atoms with E-state index in [-0.39, 0.29) is 23.9 Å². The van der Waals surface area contributed by atoms with Crippen LogP contribution in [0.4, 0.5) is 0 Å². The molecule has 0 aliphatic heterocycles. The van der Waals surface area contributed by atoms with Gasteiger partial charge in [-0.15, -0.1) is 11.8 Å². The van der Waals surface area contributed by atoms with Gasteiger partial charge < -0.3 is 14.7 Å². The highest BCUT2D eigenvalue weighted by Crippen LogP contribution is 2.24. The van der Waals surface area contributed by atoms with Gasteiger partial charge >= 0.3 is 5.97 Å². The summed E-state index contributed by atoms with van der Waals surface area (Å²) in [6.45, 7) is -0.347. The number of thioether (sulfide) groups is 1. The number of Topliss-reactive ketones (excluding diaryl/α,β-unsaturated/α-hetero) is 2. The Morgan fingerprint density at radius 3 is 2.15 bits per heavy atom. The Morgan fingerprint density at radius 1 is 0.846 bits per heavy atom. The molecule has 0 unspecified atom stereocenters. The summed E-state index contributed by atoms with van der Waals surface area (Å²) in [5, 5.41) is 0. The van der Waals surface area contributed by atoms with Crippen LogP contribution in [0.25, 0.3) is 0 Å². The average Bonchev–Trinajstić information content (AvgIpc) is 3.38. The number of ether oxygens (including phenoxy) is 1. The molecule has 3 aromatic rings. The number of hydrogen-bond donors (Lipinski definition) is 2. The van der Waals surface area contributed by atoms with E-state index >= 15 is 0 Å². The maximum absolute atomic E-state index is 12.3. The summed E-state index contributed by atoms with van der Waals surface area (Å²) in [5.74, 6) is -0.785. The summed E-state index contributed by atoms with van der Waals surface area (Å²) in [5.41, 5.74) is 1.24. The van der Waals surface area contributed by atoms with Crippen molar-refractivity contribution >= 4 is 29.3 Å². The number of carbonyl (C=O) groups excluding carboxylic acids is 3. The van der Waals surface area contributed by atoms with Crippen molar-refractivity contribution in [3.63, 3.8) is 0 Å². The minimum Gasteiger partial charge on any atom is -0.454 e. The number of benzene rings is 1. The van der Waals surface area contributed by atoms with Gasteiger partial charge in [0.2, 0.25) is 5.78 Å². The number of H-pyrrole nitrogens is 2. The van der Waals surface area contributed by atoms with Crippen LogP contribution < -0.4 is 0 Å². The first-order valence-corrected chi connectivity index (χ1v) is 8.86. The number of carbonyl (C=O) groups is 3.